The summed E-state index contributed by atoms with van der Waals surface area (Å²) in [5, 5.41) is 0. The summed E-state index contributed by atoms with van der Waals surface area (Å²) in [5.74, 6) is -0.398. The van der Waals surface area contributed by atoms with Crippen molar-refractivity contribution in [2.24, 2.45) is 7.05 Å². The van der Waals surface area contributed by atoms with Crippen molar-refractivity contribution in [1.82, 2.24) is 9.55 Å². The molecule has 0 aliphatic heterocycles. The number of halogens is 2. The zero-order valence-electron chi connectivity index (χ0n) is 8.45. The molecule has 0 radical (unpaired) electrons. The largest absolute Gasteiger partial charge is 0.331 e. The zero-order chi connectivity index (χ0) is 11.7. The van der Waals surface area contributed by atoms with E-state index in [9.17, 15) is 9.18 Å². The molecule has 0 aliphatic carbocycles. The van der Waals surface area contributed by atoms with Crippen LogP contribution in [-0.2, 0) is 7.05 Å². The number of hydrogen-bond donors (Lipinski definition) is 0. The molecule has 0 fully saturated rings. The lowest BCUT2D eigenvalue weighted by Crippen LogP contribution is -1.95. The second kappa shape index (κ2) is 4.17. The van der Waals surface area contributed by atoms with E-state index in [4.69, 9.17) is 0 Å². The molecule has 2 rings (SSSR count). The van der Waals surface area contributed by atoms with E-state index in [0.717, 1.165) is 4.47 Å². The van der Waals surface area contributed by atoms with E-state index < -0.39 is 5.82 Å². The van der Waals surface area contributed by atoms with Crippen LogP contribution in [0, 0.1) is 5.82 Å². The summed E-state index contributed by atoms with van der Waals surface area (Å²) >= 11 is 3.26. The van der Waals surface area contributed by atoms with Gasteiger partial charge >= 0.3 is 0 Å². The molecule has 3 nitrogen and oxygen atoms in total. The zero-order valence-corrected chi connectivity index (χ0v) is 10.0. The lowest BCUT2D eigenvalue weighted by Gasteiger charge is -2.02. The number of hydrogen-bond acceptors (Lipinski definition) is 2. The maximum atomic E-state index is 13.6. The molecule has 0 aliphatic rings. The number of carbonyl (C=O) groups is 1. The topological polar surface area (TPSA) is 34.9 Å². The van der Waals surface area contributed by atoms with Crippen LogP contribution in [0.15, 0.2) is 29.0 Å². The van der Waals surface area contributed by atoms with Gasteiger partial charge in [0.1, 0.15) is 17.2 Å². The van der Waals surface area contributed by atoms with Crippen LogP contribution < -0.4 is 0 Å². The number of carbonyl (C=O) groups excluding carboxylic acids is 1. The lowest BCUT2D eigenvalue weighted by molar-refractivity contribution is 0.111. The van der Waals surface area contributed by atoms with Gasteiger partial charge in [-0.3, -0.25) is 4.79 Å². The Morgan fingerprint density at radius 1 is 1.50 bits per heavy atom. The van der Waals surface area contributed by atoms with Crippen LogP contribution >= 0.6 is 15.9 Å². The van der Waals surface area contributed by atoms with Gasteiger partial charge in [-0.15, -0.1) is 0 Å². The Hall–Kier alpha value is -1.49. The van der Waals surface area contributed by atoms with Crippen molar-refractivity contribution in [2.75, 3.05) is 0 Å². The molecule has 0 atom stereocenters. The maximum Gasteiger partial charge on any atom is 0.168 e. The molecule has 16 heavy (non-hydrogen) atoms. The van der Waals surface area contributed by atoms with E-state index in [1.807, 2.05) is 0 Å². The molecular weight excluding hydrogens is 275 g/mol. The standard InChI is InChI=1S/C11H8BrFN2O/c1-15-6-14-11(10(15)5-16)8-4-7(12)2-3-9(8)13/h2-6H,1H3. The van der Waals surface area contributed by atoms with Crippen molar-refractivity contribution in [3.8, 4) is 11.3 Å². The molecular formula is C11H8BrFN2O. The van der Waals surface area contributed by atoms with Crippen LogP contribution in [0.3, 0.4) is 0 Å². The molecule has 1 heterocycles. The van der Waals surface area contributed by atoms with E-state index in [2.05, 4.69) is 20.9 Å². The normalized spacial score (nSPS) is 10.4. The molecule has 0 bridgehead atoms. The number of nitrogens with zero attached hydrogens (tertiary/aromatic N) is 2. The highest BCUT2D eigenvalue weighted by Gasteiger charge is 2.14. The van der Waals surface area contributed by atoms with Gasteiger partial charge in [-0.1, -0.05) is 15.9 Å². The highest BCUT2D eigenvalue weighted by molar-refractivity contribution is 9.10. The Balaban J connectivity index is 2.66. The average Bonchev–Trinajstić information content (AvgIpc) is 2.63. The first kappa shape index (κ1) is 11.0. The molecule has 82 valence electrons. The molecule has 2 aromatic rings. The smallest absolute Gasteiger partial charge is 0.168 e. The summed E-state index contributed by atoms with van der Waals surface area (Å²) in [5.41, 5.74) is 1.03. The van der Waals surface area contributed by atoms with Crippen LogP contribution in [0.1, 0.15) is 10.5 Å². The minimum atomic E-state index is -0.398. The van der Waals surface area contributed by atoms with Crippen molar-refractivity contribution in [2.45, 2.75) is 0 Å². The SMILES string of the molecule is Cn1cnc(-c2cc(Br)ccc2F)c1C=O. The Labute approximate surface area is 100 Å². The van der Waals surface area contributed by atoms with Crippen molar-refractivity contribution in [3.63, 3.8) is 0 Å². The summed E-state index contributed by atoms with van der Waals surface area (Å²) in [6.07, 6.45) is 2.15. The average molecular weight is 283 g/mol. The van der Waals surface area contributed by atoms with Gasteiger partial charge in [0.25, 0.3) is 0 Å². The van der Waals surface area contributed by atoms with Gasteiger partial charge in [0, 0.05) is 17.1 Å². The Morgan fingerprint density at radius 3 is 2.94 bits per heavy atom. The fourth-order valence-corrected chi connectivity index (χ4v) is 1.83. The van der Waals surface area contributed by atoms with Crippen molar-refractivity contribution < 1.29 is 9.18 Å². The summed E-state index contributed by atoms with van der Waals surface area (Å²) in [6.45, 7) is 0. The Kier molecular flexibility index (Phi) is 2.87. The molecule has 0 unspecified atom stereocenters. The predicted molar refractivity (Wildman–Crippen MR) is 61.7 cm³/mol. The van der Waals surface area contributed by atoms with Crippen LogP contribution in [0.25, 0.3) is 11.3 Å². The van der Waals surface area contributed by atoms with E-state index in [-0.39, 0.29) is 0 Å². The summed E-state index contributed by atoms with van der Waals surface area (Å²) < 4.78 is 15.9. The van der Waals surface area contributed by atoms with Gasteiger partial charge in [0.15, 0.2) is 6.29 Å². The maximum absolute atomic E-state index is 13.6. The highest BCUT2D eigenvalue weighted by Crippen LogP contribution is 2.26. The van der Waals surface area contributed by atoms with E-state index in [1.165, 1.54) is 12.4 Å². The number of imidazole rings is 1. The first-order chi connectivity index (χ1) is 7.63. The van der Waals surface area contributed by atoms with E-state index in [1.54, 1.807) is 23.7 Å². The van der Waals surface area contributed by atoms with Gasteiger partial charge in [-0.25, -0.2) is 9.37 Å². The first-order valence-corrected chi connectivity index (χ1v) is 5.34. The lowest BCUT2D eigenvalue weighted by atomic mass is 10.1. The molecule has 5 heteroatoms. The monoisotopic (exact) mass is 282 g/mol. The fraction of sp³-hybridized carbons (Fsp3) is 0.0909. The van der Waals surface area contributed by atoms with Gasteiger partial charge in [-0.2, -0.15) is 0 Å². The number of aromatic nitrogens is 2. The fourth-order valence-electron chi connectivity index (χ4n) is 1.47. The Morgan fingerprint density at radius 2 is 2.25 bits per heavy atom. The van der Waals surface area contributed by atoms with Gasteiger partial charge in [-0.05, 0) is 18.2 Å². The van der Waals surface area contributed by atoms with Crippen LogP contribution in [0.5, 0.6) is 0 Å². The second-order valence-corrected chi connectivity index (χ2v) is 4.25. The van der Waals surface area contributed by atoms with E-state index in [0.29, 0.717) is 23.2 Å². The highest BCUT2D eigenvalue weighted by atomic mass is 79.9. The molecule has 1 aromatic heterocycles. The molecule has 0 saturated heterocycles. The summed E-state index contributed by atoms with van der Waals surface area (Å²) in [4.78, 5) is 14.9. The number of benzene rings is 1. The molecule has 0 spiro atoms. The van der Waals surface area contributed by atoms with Crippen molar-refractivity contribution in [3.05, 3.63) is 40.5 Å². The van der Waals surface area contributed by atoms with Crippen LogP contribution in [-0.4, -0.2) is 15.8 Å². The van der Waals surface area contributed by atoms with Crippen molar-refractivity contribution in [1.29, 1.82) is 0 Å². The van der Waals surface area contributed by atoms with E-state index >= 15 is 0 Å². The minimum absolute atomic E-state index is 0.317. The molecule has 1 aromatic carbocycles. The molecule has 0 N–H and O–H groups in total. The molecule has 0 amide bonds. The van der Waals surface area contributed by atoms with Gasteiger partial charge < -0.3 is 4.57 Å². The third-order valence-electron chi connectivity index (χ3n) is 2.28. The molecule has 0 saturated carbocycles. The number of rotatable bonds is 2. The summed E-state index contributed by atoms with van der Waals surface area (Å²) in [7, 11) is 1.69. The quantitative estimate of drug-likeness (QED) is 0.794. The third kappa shape index (κ3) is 1.78. The van der Waals surface area contributed by atoms with Crippen molar-refractivity contribution >= 4 is 22.2 Å². The van der Waals surface area contributed by atoms with Gasteiger partial charge in [0.2, 0.25) is 0 Å². The summed E-state index contributed by atoms with van der Waals surface area (Å²) in [6, 6.07) is 4.54. The predicted octanol–water partition coefficient (Wildman–Crippen LogP) is 2.80. The third-order valence-corrected chi connectivity index (χ3v) is 2.77. The second-order valence-electron chi connectivity index (χ2n) is 3.33. The van der Waals surface area contributed by atoms with Gasteiger partial charge in [0.05, 0.1) is 6.33 Å². The number of aryl methyl sites for hydroxylation is 1. The Bertz CT molecular complexity index is 551. The first-order valence-electron chi connectivity index (χ1n) is 4.55. The van der Waals surface area contributed by atoms with Crippen LogP contribution in [0.4, 0.5) is 4.39 Å². The number of aldehydes is 1. The minimum Gasteiger partial charge on any atom is -0.331 e. The van der Waals surface area contributed by atoms with Crippen LogP contribution in [0.2, 0.25) is 0 Å².